The Morgan fingerprint density at radius 1 is 1.18 bits per heavy atom. The Balaban J connectivity index is 1.82. The molecule has 5 nitrogen and oxygen atoms in total. The fourth-order valence-electron chi connectivity index (χ4n) is 3.57. The van der Waals surface area contributed by atoms with Crippen molar-refractivity contribution in [3.8, 4) is 0 Å². The number of hydrogen-bond donors (Lipinski definition) is 1. The first kappa shape index (κ1) is 20.7. The molecule has 0 fully saturated rings. The fourth-order valence-corrected chi connectivity index (χ4v) is 4.67. The van der Waals surface area contributed by atoms with Gasteiger partial charge in [0.1, 0.15) is 16.5 Å². The zero-order valence-corrected chi connectivity index (χ0v) is 17.1. The second-order valence-electron chi connectivity index (χ2n) is 7.32. The van der Waals surface area contributed by atoms with Gasteiger partial charge in [-0.05, 0) is 56.3 Å². The molecule has 0 amide bonds. The van der Waals surface area contributed by atoms with Crippen LogP contribution in [0, 0.1) is 11.6 Å². The van der Waals surface area contributed by atoms with E-state index < -0.39 is 26.6 Å². The van der Waals surface area contributed by atoms with Gasteiger partial charge >= 0.3 is 0 Å². The van der Waals surface area contributed by atoms with E-state index in [1.807, 2.05) is 25.1 Å². The monoisotopic (exact) mass is 409 g/mol. The predicted octanol–water partition coefficient (Wildman–Crippen LogP) is 2.93. The molecule has 28 heavy (non-hydrogen) atoms. The van der Waals surface area contributed by atoms with Gasteiger partial charge in [0.05, 0.1) is 0 Å². The Hall–Kier alpha value is -2.03. The normalized spacial score (nSPS) is 15.6. The van der Waals surface area contributed by atoms with Crippen molar-refractivity contribution in [2.24, 2.45) is 0 Å². The number of likely N-dealkylation sites (N-methyl/N-ethyl adjacent to an activating group) is 1. The second-order valence-corrected chi connectivity index (χ2v) is 9.05. The Morgan fingerprint density at radius 3 is 2.61 bits per heavy atom. The Bertz CT molecular complexity index is 964. The molecule has 0 saturated heterocycles. The first-order chi connectivity index (χ1) is 13.2. The lowest BCUT2D eigenvalue weighted by Gasteiger charge is -2.30. The molecule has 0 radical (unpaired) electrons. The molecule has 1 N–H and O–H groups in total. The van der Waals surface area contributed by atoms with Crippen LogP contribution in [0.25, 0.3) is 0 Å². The summed E-state index contributed by atoms with van der Waals surface area (Å²) in [4.78, 5) is 3.57. The van der Waals surface area contributed by atoms with Crippen LogP contribution in [0.15, 0.2) is 41.3 Å². The average molecular weight is 410 g/mol. The number of anilines is 1. The Labute approximate surface area is 165 Å². The quantitative estimate of drug-likeness (QED) is 0.797. The van der Waals surface area contributed by atoms with E-state index >= 15 is 0 Å². The molecule has 0 aliphatic carbocycles. The molecular formula is C20H25F2N3O2S. The van der Waals surface area contributed by atoms with Crippen LogP contribution in [-0.4, -0.2) is 47.6 Å². The van der Waals surface area contributed by atoms with E-state index in [0.29, 0.717) is 6.07 Å². The van der Waals surface area contributed by atoms with Gasteiger partial charge in [0.25, 0.3) is 0 Å². The summed E-state index contributed by atoms with van der Waals surface area (Å²) in [6.07, 6.45) is 2.07. The highest BCUT2D eigenvalue weighted by molar-refractivity contribution is 7.89. The average Bonchev–Trinajstić information content (AvgIpc) is 2.61. The molecule has 1 aliphatic heterocycles. The lowest BCUT2D eigenvalue weighted by molar-refractivity contribution is 0.299. The highest BCUT2D eigenvalue weighted by atomic mass is 32.2. The van der Waals surface area contributed by atoms with Crippen molar-refractivity contribution < 1.29 is 17.2 Å². The summed E-state index contributed by atoms with van der Waals surface area (Å²) in [5.74, 6) is -1.92. The van der Waals surface area contributed by atoms with E-state index in [1.165, 1.54) is 11.3 Å². The number of benzene rings is 2. The molecule has 0 bridgehead atoms. The van der Waals surface area contributed by atoms with Gasteiger partial charge in [0, 0.05) is 37.9 Å². The van der Waals surface area contributed by atoms with Gasteiger partial charge in [-0.3, -0.25) is 0 Å². The third kappa shape index (κ3) is 4.34. The molecule has 2 aromatic rings. The zero-order chi connectivity index (χ0) is 20.5. The van der Waals surface area contributed by atoms with Crippen LogP contribution in [0.1, 0.15) is 23.6 Å². The van der Waals surface area contributed by atoms with Crippen LogP contribution in [0.3, 0.4) is 0 Å². The van der Waals surface area contributed by atoms with Crippen LogP contribution in [-0.2, 0) is 16.4 Å². The molecule has 0 unspecified atom stereocenters. The molecule has 152 valence electrons. The first-order valence-corrected chi connectivity index (χ1v) is 10.6. The summed E-state index contributed by atoms with van der Waals surface area (Å²) in [5.41, 5.74) is 3.42. The van der Waals surface area contributed by atoms with Crippen molar-refractivity contribution in [2.45, 2.75) is 23.8 Å². The zero-order valence-electron chi connectivity index (χ0n) is 16.2. The van der Waals surface area contributed by atoms with Crippen molar-refractivity contribution in [1.29, 1.82) is 0 Å². The van der Waals surface area contributed by atoms with Crippen molar-refractivity contribution in [1.82, 2.24) is 9.62 Å². The lowest BCUT2D eigenvalue weighted by atomic mass is 9.96. The molecule has 2 aromatic carbocycles. The minimum absolute atomic E-state index is 0.0702. The number of halogens is 2. The largest absolute Gasteiger partial charge is 0.374 e. The van der Waals surface area contributed by atoms with E-state index in [2.05, 4.69) is 28.8 Å². The van der Waals surface area contributed by atoms with Crippen molar-refractivity contribution in [3.63, 3.8) is 0 Å². The molecule has 1 atom stereocenters. The SMILES string of the molecule is CN1CCCc2cc([C@@H](CNS(=O)(=O)c3ccc(F)cc3F)N(C)C)ccc21. The van der Waals surface area contributed by atoms with E-state index in [0.717, 1.165) is 37.1 Å². The molecule has 0 spiro atoms. The minimum atomic E-state index is -4.10. The van der Waals surface area contributed by atoms with Gasteiger partial charge in [-0.15, -0.1) is 0 Å². The molecule has 0 saturated carbocycles. The van der Waals surface area contributed by atoms with Crippen LogP contribution >= 0.6 is 0 Å². The Kier molecular flexibility index (Phi) is 6.02. The van der Waals surface area contributed by atoms with Crippen molar-refractivity contribution in [3.05, 3.63) is 59.2 Å². The maximum Gasteiger partial charge on any atom is 0.243 e. The van der Waals surface area contributed by atoms with Crippen molar-refractivity contribution in [2.75, 3.05) is 39.1 Å². The van der Waals surface area contributed by atoms with Crippen LogP contribution in [0.4, 0.5) is 14.5 Å². The van der Waals surface area contributed by atoms with E-state index in [1.54, 1.807) is 0 Å². The number of aryl methyl sites for hydroxylation is 1. The number of hydrogen-bond acceptors (Lipinski definition) is 4. The number of fused-ring (bicyclic) bond motifs is 1. The summed E-state index contributed by atoms with van der Waals surface area (Å²) in [5, 5.41) is 0. The number of nitrogens with one attached hydrogen (secondary N) is 1. The Morgan fingerprint density at radius 2 is 1.93 bits per heavy atom. The smallest absolute Gasteiger partial charge is 0.243 e. The second kappa shape index (κ2) is 8.14. The van der Waals surface area contributed by atoms with Crippen LogP contribution in [0.2, 0.25) is 0 Å². The van der Waals surface area contributed by atoms with E-state index in [9.17, 15) is 17.2 Å². The van der Waals surface area contributed by atoms with Gasteiger partial charge in [0.15, 0.2) is 0 Å². The van der Waals surface area contributed by atoms with Gasteiger partial charge in [-0.2, -0.15) is 0 Å². The third-order valence-corrected chi connectivity index (χ3v) is 6.57. The number of sulfonamides is 1. The number of nitrogens with zero attached hydrogens (tertiary/aromatic N) is 2. The van der Waals surface area contributed by atoms with E-state index in [-0.39, 0.29) is 12.6 Å². The molecule has 3 rings (SSSR count). The van der Waals surface area contributed by atoms with Gasteiger partial charge in [-0.1, -0.05) is 12.1 Å². The molecule has 1 aliphatic rings. The van der Waals surface area contributed by atoms with Gasteiger partial charge in [0.2, 0.25) is 10.0 Å². The van der Waals surface area contributed by atoms with Crippen LogP contribution in [0.5, 0.6) is 0 Å². The third-order valence-electron chi connectivity index (χ3n) is 5.11. The standard InChI is InChI=1S/C20H25F2N3O2S/c1-24(2)19(15-6-8-18-14(11-15)5-4-10-25(18)3)13-23-28(26,27)20-9-7-16(21)12-17(20)22/h6-9,11-12,19,23H,4-5,10,13H2,1-3H3/t19-/m1/s1. The minimum Gasteiger partial charge on any atom is -0.374 e. The first-order valence-electron chi connectivity index (χ1n) is 9.14. The summed E-state index contributed by atoms with van der Waals surface area (Å²) < 4.78 is 54.4. The molecule has 1 heterocycles. The highest BCUT2D eigenvalue weighted by Gasteiger charge is 2.24. The van der Waals surface area contributed by atoms with Crippen LogP contribution < -0.4 is 9.62 Å². The van der Waals surface area contributed by atoms with Gasteiger partial charge in [-0.25, -0.2) is 21.9 Å². The topological polar surface area (TPSA) is 52.7 Å². The summed E-state index contributed by atoms with van der Waals surface area (Å²) in [6.45, 7) is 1.09. The summed E-state index contributed by atoms with van der Waals surface area (Å²) in [6, 6.07) is 8.39. The highest BCUT2D eigenvalue weighted by Crippen LogP contribution is 2.30. The molecular weight excluding hydrogens is 384 g/mol. The summed E-state index contributed by atoms with van der Waals surface area (Å²) in [7, 11) is 1.69. The fraction of sp³-hybridized carbons (Fsp3) is 0.400. The number of rotatable bonds is 6. The molecule has 0 aromatic heterocycles. The van der Waals surface area contributed by atoms with Crippen molar-refractivity contribution >= 4 is 15.7 Å². The van der Waals surface area contributed by atoms with Gasteiger partial charge < -0.3 is 9.80 Å². The maximum atomic E-state index is 13.9. The summed E-state index contributed by atoms with van der Waals surface area (Å²) >= 11 is 0. The van der Waals surface area contributed by atoms with E-state index in [4.69, 9.17) is 0 Å². The molecule has 8 heteroatoms. The predicted molar refractivity (Wildman–Crippen MR) is 106 cm³/mol. The maximum absolute atomic E-state index is 13.9. The lowest BCUT2D eigenvalue weighted by Crippen LogP contribution is -2.35.